The number of aliphatic hydroxyl groups is 2. The van der Waals surface area contributed by atoms with Crippen LogP contribution >= 0.6 is 0 Å². The fourth-order valence-electron chi connectivity index (χ4n) is 1.09. The third-order valence-electron chi connectivity index (χ3n) is 1.69. The zero-order chi connectivity index (χ0) is 8.69. The fraction of sp³-hybridized carbons (Fsp3) is 1.00. The van der Waals surface area contributed by atoms with E-state index in [0.29, 0.717) is 0 Å². The lowest BCUT2D eigenvalue weighted by Crippen LogP contribution is -2.28. The Morgan fingerprint density at radius 2 is 1.27 bits per heavy atom. The van der Waals surface area contributed by atoms with Gasteiger partial charge < -0.3 is 10.2 Å². The number of rotatable bonds is 0. The Morgan fingerprint density at radius 3 is 1.45 bits per heavy atom. The average Bonchev–Trinajstić information content (AvgIpc) is 1.97. The molecule has 0 radical (unpaired) electrons. The second-order valence-corrected chi connectivity index (χ2v) is 3.13. The van der Waals surface area contributed by atoms with Gasteiger partial charge in [0.15, 0.2) is 0 Å². The van der Waals surface area contributed by atoms with Crippen LogP contribution in [-0.4, -0.2) is 22.4 Å². The largest absolute Gasteiger partial charge is 0.390 e. The molecule has 2 nitrogen and oxygen atoms in total. The summed E-state index contributed by atoms with van der Waals surface area (Å²) in [5.41, 5.74) is 0. The summed E-state index contributed by atoms with van der Waals surface area (Å²) < 4.78 is 0. The second kappa shape index (κ2) is 6.62. The van der Waals surface area contributed by atoms with Crippen molar-refractivity contribution in [1.29, 1.82) is 0 Å². The molecule has 1 aliphatic rings. The van der Waals surface area contributed by atoms with E-state index >= 15 is 0 Å². The molecule has 2 atom stereocenters. The van der Waals surface area contributed by atoms with E-state index in [1.165, 1.54) is 6.42 Å². The molecule has 11 heavy (non-hydrogen) atoms. The van der Waals surface area contributed by atoms with E-state index in [1.807, 2.05) is 0 Å². The van der Waals surface area contributed by atoms with Crippen molar-refractivity contribution in [2.45, 2.75) is 58.2 Å². The van der Waals surface area contributed by atoms with Crippen LogP contribution in [0.5, 0.6) is 0 Å². The normalized spacial score (nSPS) is 30.5. The maximum atomic E-state index is 8.93. The Bertz CT molecular complexity index is 73.6. The molecule has 0 aromatic carbocycles. The lowest BCUT2D eigenvalue weighted by atomic mass is 9.95. The number of hydrogen-bond acceptors (Lipinski definition) is 2. The zero-order valence-corrected chi connectivity index (χ0v) is 7.58. The molecular formula is C9H20O2. The Balaban J connectivity index is 0.000000292. The molecule has 0 heterocycles. The van der Waals surface area contributed by atoms with E-state index in [4.69, 9.17) is 10.2 Å². The Morgan fingerprint density at radius 1 is 1.00 bits per heavy atom. The first kappa shape index (κ1) is 10.9. The second-order valence-electron chi connectivity index (χ2n) is 3.13. The summed E-state index contributed by atoms with van der Waals surface area (Å²) in [5.74, 6) is 0. The summed E-state index contributed by atoms with van der Waals surface area (Å²) in [5, 5.41) is 17.9. The van der Waals surface area contributed by atoms with E-state index < -0.39 is 12.2 Å². The number of hydrogen-bond donors (Lipinski definition) is 2. The van der Waals surface area contributed by atoms with E-state index in [9.17, 15) is 0 Å². The molecule has 0 amide bonds. The first-order valence-electron chi connectivity index (χ1n) is 4.58. The average molecular weight is 160 g/mol. The molecule has 2 unspecified atom stereocenters. The van der Waals surface area contributed by atoms with Crippen LogP contribution in [0.4, 0.5) is 0 Å². The molecule has 0 saturated heterocycles. The lowest BCUT2D eigenvalue weighted by molar-refractivity contribution is -0.00865. The quantitative estimate of drug-likeness (QED) is 0.566. The van der Waals surface area contributed by atoms with Crippen molar-refractivity contribution >= 4 is 0 Å². The Hall–Kier alpha value is -0.0800. The highest BCUT2D eigenvalue weighted by molar-refractivity contribution is 4.72. The molecule has 1 fully saturated rings. The van der Waals surface area contributed by atoms with Gasteiger partial charge in [-0.25, -0.2) is 0 Å². The van der Waals surface area contributed by atoms with Crippen molar-refractivity contribution < 1.29 is 10.2 Å². The van der Waals surface area contributed by atoms with E-state index in [0.717, 1.165) is 25.7 Å². The minimum atomic E-state index is -0.441. The summed E-state index contributed by atoms with van der Waals surface area (Å²) >= 11 is 0. The van der Waals surface area contributed by atoms with Crippen LogP contribution in [-0.2, 0) is 0 Å². The molecule has 1 aliphatic carbocycles. The first-order valence-corrected chi connectivity index (χ1v) is 4.58. The van der Waals surface area contributed by atoms with Gasteiger partial charge in [0, 0.05) is 0 Å². The predicted octanol–water partition coefficient (Wildman–Crippen LogP) is 1.70. The van der Waals surface area contributed by atoms with Crippen LogP contribution in [0, 0.1) is 0 Å². The predicted molar refractivity (Wildman–Crippen MR) is 46.4 cm³/mol. The molecular weight excluding hydrogens is 140 g/mol. The molecule has 68 valence electrons. The SMILES string of the molecule is CCC.OC1CCCCC1O. The number of aliphatic hydroxyl groups excluding tert-OH is 2. The van der Waals surface area contributed by atoms with Crippen LogP contribution in [0.1, 0.15) is 46.0 Å². The van der Waals surface area contributed by atoms with Crippen molar-refractivity contribution in [3.8, 4) is 0 Å². The third-order valence-corrected chi connectivity index (χ3v) is 1.69. The molecule has 2 heteroatoms. The van der Waals surface area contributed by atoms with Gasteiger partial charge in [-0.15, -0.1) is 0 Å². The minimum absolute atomic E-state index is 0.441. The highest BCUT2D eigenvalue weighted by Crippen LogP contribution is 2.17. The van der Waals surface area contributed by atoms with Gasteiger partial charge in [-0.3, -0.25) is 0 Å². The highest BCUT2D eigenvalue weighted by Gasteiger charge is 2.19. The molecule has 0 spiro atoms. The van der Waals surface area contributed by atoms with Crippen molar-refractivity contribution in [3.05, 3.63) is 0 Å². The van der Waals surface area contributed by atoms with Gasteiger partial charge in [0.25, 0.3) is 0 Å². The maximum absolute atomic E-state index is 8.93. The van der Waals surface area contributed by atoms with E-state index in [-0.39, 0.29) is 0 Å². The molecule has 0 aromatic rings. The van der Waals surface area contributed by atoms with Gasteiger partial charge in [0.05, 0.1) is 12.2 Å². The summed E-state index contributed by atoms with van der Waals surface area (Å²) in [4.78, 5) is 0. The van der Waals surface area contributed by atoms with Gasteiger partial charge in [0.1, 0.15) is 0 Å². The third kappa shape index (κ3) is 5.22. The van der Waals surface area contributed by atoms with Crippen molar-refractivity contribution in [1.82, 2.24) is 0 Å². The summed E-state index contributed by atoms with van der Waals surface area (Å²) in [6, 6.07) is 0. The van der Waals surface area contributed by atoms with Crippen LogP contribution < -0.4 is 0 Å². The smallest absolute Gasteiger partial charge is 0.0799 e. The van der Waals surface area contributed by atoms with Gasteiger partial charge in [-0.05, 0) is 12.8 Å². The zero-order valence-electron chi connectivity index (χ0n) is 7.58. The fourth-order valence-corrected chi connectivity index (χ4v) is 1.09. The molecule has 0 aliphatic heterocycles. The van der Waals surface area contributed by atoms with Gasteiger partial charge in [-0.1, -0.05) is 33.1 Å². The van der Waals surface area contributed by atoms with Crippen LogP contribution in [0.3, 0.4) is 0 Å². The highest BCUT2D eigenvalue weighted by atomic mass is 16.3. The lowest BCUT2D eigenvalue weighted by Gasteiger charge is -2.22. The topological polar surface area (TPSA) is 40.5 Å². The summed E-state index contributed by atoms with van der Waals surface area (Å²) in [6.45, 7) is 4.25. The van der Waals surface area contributed by atoms with Crippen LogP contribution in [0.15, 0.2) is 0 Å². The summed E-state index contributed by atoms with van der Waals surface area (Å²) in [6.07, 6.45) is 4.06. The standard InChI is InChI=1S/C6H12O2.C3H8/c7-5-3-1-2-4-6(5)8;1-3-2/h5-8H,1-4H2;3H2,1-2H3. The molecule has 1 saturated carbocycles. The minimum Gasteiger partial charge on any atom is -0.390 e. The Kier molecular flexibility index (Phi) is 6.57. The van der Waals surface area contributed by atoms with Crippen molar-refractivity contribution in [2.24, 2.45) is 0 Å². The molecule has 2 N–H and O–H groups in total. The Labute approximate surface area is 69.2 Å². The maximum Gasteiger partial charge on any atom is 0.0799 e. The molecule has 0 aromatic heterocycles. The molecule has 1 rings (SSSR count). The van der Waals surface area contributed by atoms with Crippen LogP contribution in [0.25, 0.3) is 0 Å². The van der Waals surface area contributed by atoms with Gasteiger partial charge >= 0.3 is 0 Å². The van der Waals surface area contributed by atoms with Gasteiger partial charge in [-0.2, -0.15) is 0 Å². The first-order chi connectivity index (χ1) is 5.22. The van der Waals surface area contributed by atoms with Gasteiger partial charge in [0.2, 0.25) is 0 Å². The van der Waals surface area contributed by atoms with Crippen molar-refractivity contribution in [2.75, 3.05) is 0 Å². The van der Waals surface area contributed by atoms with Crippen LogP contribution in [0.2, 0.25) is 0 Å². The van der Waals surface area contributed by atoms with E-state index in [2.05, 4.69) is 13.8 Å². The van der Waals surface area contributed by atoms with Crippen molar-refractivity contribution in [3.63, 3.8) is 0 Å². The van der Waals surface area contributed by atoms with E-state index in [1.54, 1.807) is 0 Å². The monoisotopic (exact) mass is 160 g/mol. The molecule has 0 bridgehead atoms. The summed E-state index contributed by atoms with van der Waals surface area (Å²) in [7, 11) is 0.